The first-order chi connectivity index (χ1) is 12.1. The highest BCUT2D eigenvalue weighted by molar-refractivity contribution is 7.88. The first kappa shape index (κ1) is 17.6. The van der Waals surface area contributed by atoms with E-state index in [0.29, 0.717) is 24.8 Å². The Morgan fingerprint density at radius 3 is 2.52 bits per heavy atom. The van der Waals surface area contributed by atoms with Crippen molar-refractivity contribution in [2.75, 3.05) is 20.2 Å². The molecule has 1 saturated heterocycles. The van der Waals surface area contributed by atoms with Crippen LogP contribution in [0.5, 0.6) is 11.8 Å². The minimum atomic E-state index is -3.37. The standard InChI is InChI=1S/C17H21N3O4S/c1-23-16-9-10-17(19-18-16)24-15-8-5-11-20(12-15)25(21,22)13-14-6-3-2-4-7-14/h2-4,6-7,9-10,15H,5,8,11-13H2,1H3. The van der Waals surface area contributed by atoms with Crippen LogP contribution >= 0.6 is 0 Å². The van der Waals surface area contributed by atoms with Crippen LogP contribution in [0, 0.1) is 0 Å². The second kappa shape index (κ2) is 7.79. The van der Waals surface area contributed by atoms with Crippen molar-refractivity contribution in [1.29, 1.82) is 0 Å². The van der Waals surface area contributed by atoms with Crippen LogP contribution in [0.3, 0.4) is 0 Å². The van der Waals surface area contributed by atoms with Gasteiger partial charge in [0.25, 0.3) is 0 Å². The summed E-state index contributed by atoms with van der Waals surface area (Å²) in [5.41, 5.74) is 0.784. The fourth-order valence-electron chi connectivity index (χ4n) is 2.78. The van der Waals surface area contributed by atoms with Crippen molar-refractivity contribution < 1.29 is 17.9 Å². The Hall–Kier alpha value is -2.19. The highest BCUT2D eigenvalue weighted by Gasteiger charge is 2.30. The molecule has 8 heteroatoms. The van der Waals surface area contributed by atoms with Crippen molar-refractivity contribution in [3.8, 4) is 11.8 Å². The van der Waals surface area contributed by atoms with Crippen LogP contribution < -0.4 is 9.47 Å². The monoisotopic (exact) mass is 363 g/mol. The van der Waals surface area contributed by atoms with E-state index in [2.05, 4.69) is 10.2 Å². The molecule has 1 atom stereocenters. The molecule has 2 heterocycles. The van der Waals surface area contributed by atoms with E-state index in [1.807, 2.05) is 30.3 Å². The molecule has 0 N–H and O–H groups in total. The molecule has 0 aliphatic carbocycles. The van der Waals surface area contributed by atoms with Gasteiger partial charge in [0, 0.05) is 18.7 Å². The zero-order valence-corrected chi connectivity index (χ0v) is 14.9. The number of rotatable bonds is 6. The summed E-state index contributed by atoms with van der Waals surface area (Å²) >= 11 is 0. The van der Waals surface area contributed by atoms with E-state index in [4.69, 9.17) is 9.47 Å². The average molecular weight is 363 g/mol. The van der Waals surface area contributed by atoms with Crippen LogP contribution in [-0.4, -0.2) is 49.2 Å². The fraction of sp³-hybridized carbons (Fsp3) is 0.412. The fourth-order valence-corrected chi connectivity index (χ4v) is 4.38. The van der Waals surface area contributed by atoms with Crippen LogP contribution in [0.2, 0.25) is 0 Å². The number of sulfonamides is 1. The van der Waals surface area contributed by atoms with E-state index in [1.165, 1.54) is 11.4 Å². The van der Waals surface area contributed by atoms with Crippen LogP contribution in [0.4, 0.5) is 0 Å². The zero-order valence-electron chi connectivity index (χ0n) is 14.0. The third-order valence-electron chi connectivity index (χ3n) is 4.04. The molecule has 134 valence electrons. The minimum Gasteiger partial charge on any atom is -0.480 e. The lowest BCUT2D eigenvalue weighted by atomic mass is 10.1. The maximum atomic E-state index is 12.7. The molecule has 0 spiro atoms. The number of piperidine rings is 1. The lowest BCUT2D eigenvalue weighted by Crippen LogP contribution is -2.44. The van der Waals surface area contributed by atoms with Gasteiger partial charge in [0.05, 0.1) is 19.4 Å². The van der Waals surface area contributed by atoms with Gasteiger partial charge in [-0.3, -0.25) is 0 Å². The molecule has 0 amide bonds. The molecule has 1 fully saturated rings. The Balaban J connectivity index is 1.63. The summed E-state index contributed by atoms with van der Waals surface area (Å²) in [5, 5.41) is 7.79. The van der Waals surface area contributed by atoms with Gasteiger partial charge in [0.2, 0.25) is 21.8 Å². The molecular weight excluding hydrogens is 342 g/mol. The molecule has 7 nitrogen and oxygen atoms in total. The number of benzene rings is 1. The predicted molar refractivity (Wildman–Crippen MR) is 92.9 cm³/mol. The smallest absolute Gasteiger partial charge is 0.233 e. The summed E-state index contributed by atoms with van der Waals surface area (Å²) in [4.78, 5) is 0. The number of nitrogens with zero attached hydrogens (tertiary/aromatic N) is 3. The highest BCUT2D eigenvalue weighted by atomic mass is 32.2. The van der Waals surface area contributed by atoms with Gasteiger partial charge in [-0.15, -0.1) is 10.2 Å². The molecule has 1 unspecified atom stereocenters. The minimum absolute atomic E-state index is 0.00288. The zero-order chi connectivity index (χ0) is 17.7. The number of hydrogen-bond donors (Lipinski definition) is 0. The van der Waals surface area contributed by atoms with E-state index < -0.39 is 10.0 Å². The van der Waals surface area contributed by atoms with Crippen LogP contribution in [0.15, 0.2) is 42.5 Å². The molecule has 3 rings (SSSR count). The van der Waals surface area contributed by atoms with Gasteiger partial charge in [0.15, 0.2) is 0 Å². The van der Waals surface area contributed by atoms with Gasteiger partial charge in [-0.2, -0.15) is 4.31 Å². The number of methoxy groups -OCH3 is 1. The van der Waals surface area contributed by atoms with Crippen LogP contribution in [0.25, 0.3) is 0 Å². The molecule has 1 aromatic heterocycles. The molecule has 1 aromatic carbocycles. The van der Waals surface area contributed by atoms with Crippen molar-refractivity contribution in [1.82, 2.24) is 14.5 Å². The Morgan fingerprint density at radius 2 is 1.84 bits per heavy atom. The number of ether oxygens (including phenoxy) is 2. The van der Waals surface area contributed by atoms with E-state index in [1.54, 1.807) is 12.1 Å². The number of hydrogen-bond acceptors (Lipinski definition) is 6. The van der Waals surface area contributed by atoms with E-state index >= 15 is 0 Å². The molecular formula is C17H21N3O4S. The normalized spacial score (nSPS) is 18.7. The molecule has 25 heavy (non-hydrogen) atoms. The highest BCUT2D eigenvalue weighted by Crippen LogP contribution is 2.21. The summed E-state index contributed by atoms with van der Waals surface area (Å²) in [5.74, 6) is 0.777. The second-order valence-electron chi connectivity index (χ2n) is 5.90. The molecule has 0 radical (unpaired) electrons. The van der Waals surface area contributed by atoms with Gasteiger partial charge in [-0.1, -0.05) is 30.3 Å². The SMILES string of the molecule is COc1ccc(OC2CCCN(S(=O)(=O)Cc3ccccc3)C2)nn1. The van der Waals surface area contributed by atoms with Crippen molar-refractivity contribution in [3.05, 3.63) is 48.0 Å². The summed E-state index contributed by atoms with van der Waals surface area (Å²) in [6.07, 6.45) is 1.30. The van der Waals surface area contributed by atoms with Gasteiger partial charge in [-0.05, 0) is 18.4 Å². The quantitative estimate of drug-likeness (QED) is 0.779. The summed E-state index contributed by atoms with van der Waals surface area (Å²) < 4.78 is 37.6. The van der Waals surface area contributed by atoms with Crippen LogP contribution in [0.1, 0.15) is 18.4 Å². The molecule has 1 aliphatic rings. The maximum Gasteiger partial charge on any atom is 0.233 e. The van der Waals surface area contributed by atoms with Gasteiger partial charge in [0.1, 0.15) is 6.10 Å². The third kappa shape index (κ3) is 4.67. The number of aromatic nitrogens is 2. The first-order valence-corrected chi connectivity index (χ1v) is 9.74. The van der Waals surface area contributed by atoms with Gasteiger partial charge in [-0.25, -0.2) is 8.42 Å². The topological polar surface area (TPSA) is 81.6 Å². The first-order valence-electron chi connectivity index (χ1n) is 8.13. The Kier molecular flexibility index (Phi) is 5.50. The average Bonchev–Trinajstić information content (AvgIpc) is 2.63. The lowest BCUT2D eigenvalue weighted by molar-refractivity contribution is 0.123. The van der Waals surface area contributed by atoms with E-state index in [-0.39, 0.29) is 11.9 Å². The van der Waals surface area contributed by atoms with E-state index in [9.17, 15) is 8.42 Å². The summed E-state index contributed by atoms with van der Waals surface area (Å²) in [6, 6.07) is 12.5. The van der Waals surface area contributed by atoms with Crippen LogP contribution in [-0.2, 0) is 15.8 Å². The summed E-state index contributed by atoms with van der Waals surface area (Å²) in [6.45, 7) is 0.839. The van der Waals surface area contributed by atoms with Gasteiger partial charge < -0.3 is 9.47 Å². The predicted octanol–water partition coefficient (Wildman–Crippen LogP) is 1.86. The Labute approximate surface area is 147 Å². The third-order valence-corrected chi connectivity index (χ3v) is 5.85. The molecule has 0 saturated carbocycles. The van der Waals surface area contributed by atoms with Crippen molar-refractivity contribution >= 4 is 10.0 Å². The van der Waals surface area contributed by atoms with E-state index in [0.717, 1.165) is 18.4 Å². The van der Waals surface area contributed by atoms with Crippen molar-refractivity contribution in [2.45, 2.75) is 24.7 Å². The Bertz CT molecular complexity index is 781. The molecule has 0 bridgehead atoms. The Morgan fingerprint density at radius 1 is 1.12 bits per heavy atom. The van der Waals surface area contributed by atoms with Crippen molar-refractivity contribution in [2.24, 2.45) is 0 Å². The largest absolute Gasteiger partial charge is 0.480 e. The van der Waals surface area contributed by atoms with Crippen molar-refractivity contribution in [3.63, 3.8) is 0 Å². The summed E-state index contributed by atoms with van der Waals surface area (Å²) in [7, 11) is -1.86. The van der Waals surface area contributed by atoms with Gasteiger partial charge >= 0.3 is 0 Å². The molecule has 1 aliphatic heterocycles. The maximum absolute atomic E-state index is 12.7. The second-order valence-corrected chi connectivity index (χ2v) is 7.86. The lowest BCUT2D eigenvalue weighted by Gasteiger charge is -2.31. The molecule has 2 aromatic rings.